The minimum absolute atomic E-state index is 0.0192. The topological polar surface area (TPSA) is 86.8 Å². The summed E-state index contributed by atoms with van der Waals surface area (Å²) in [6, 6.07) is 21.3. The van der Waals surface area contributed by atoms with Crippen LogP contribution >= 0.6 is 23.2 Å². The largest absolute Gasteiger partial charge is 0.352 e. The number of hydrogen-bond donors (Lipinski definition) is 1. The minimum atomic E-state index is -4.19. The van der Waals surface area contributed by atoms with Gasteiger partial charge in [-0.2, -0.15) is 0 Å². The van der Waals surface area contributed by atoms with E-state index in [2.05, 4.69) is 5.32 Å². The predicted molar refractivity (Wildman–Crippen MR) is 164 cm³/mol. The van der Waals surface area contributed by atoms with E-state index >= 15 is 0 Å². The van der Waals surface area contributed by atoms with Gasteiger partial charge in [-0.05, 0) is 61.6 Å². The first-order valence-electron chi connectivity index (χ1n) is 13.9. The Hall–Kier alpha value is -3.07. The van der Waals surface area contributed by atoms with Crippen LogP contribution in [0, 0.1) is 0 Å². The zero-order valence-electron chi connectivity index (χ0n) is 23.0. The Morgan fingerprint density at radius 2 is 1.51 bits per heavy atom. The molecule has 0 unspecified atom stereocenters. The molecule has 218 valence electrons. The van der Waals surface area contributed by atoms with Crippen LogP contribution in [0.2, 0.25) is 10.0 Å². The van der Waals surface area contributed by atoms with Crippen LogP contribution in [0.3, 0.4) is 0 Å². The maximum absolute atomic E-state index is 14.1. The van der Waals surface area contributed by atoms with Gasteiger partial charge >= 0.3 is 0 Å². The van der Waals surface area contributed by atoms with E-state index in [0.29, 0.717) is 12.8 Å². The monoisotopic (exact) mass is 615 g/mol. The summed E-state index contributed by atoms with van der Waals surface area (Å²) in [6.07, 6.45) is 4.85. The lowest BCUT2D eigenvalue weighted by atomic mass is 10.1. The molecule has 1 N–H and O–H groups in total. The number of amides is 2. The summed E-state index contributed by atoms with van der Waals surface area (Å²) in [7, 11) is -4.19. The van der Waals surface area contributed by atoms with E-state index in [0.717, 1.165) is 35.6 Å². The fraction of sp³-hybridized carbons (Fsp3) is 0.355. The zero-order valence-corrected chi connectivity index (χ0v) is 25.3. The van der Waals surface area contributed by atoms with Crippen molar-refractivity contribution >= 4 is 50.7 Å². The van der Waals surface area contributed by atoms with Crippen molar-refractivity contribution < 1.29 is 18.0 Å². The van der Waals surface area contributed by atoms with Crippen molar-refractivity contribution in [3.05, 3.63) is 94.5 Å². The molecule has 0 saturated heterocycles. The van der Waals surface area contributed by atoms with Gasteiger partial charge in [-0.3, -0.25) is 13.9 Å². The number of anilines is 1. The van der Waals surface area contributed by atoms with E-state index in [1.54, 1.807) is 18.2 Å². The smallest absolute Gasteiger partial charge is 0.264 e. The van der Waals surface area contributed by atoms with E-state index in [4.69, 9.17) is 23.2 Å². The van der Waals surface area contributed by atoms with Crippen LogP contribution in [0.25, 0.3) is 0 Å². The molecule has 0 heterocycles. The first-order chi connectivity index (χ1) is 19.7. The number of halogens is 2. The van der Waals surface area contributed by atoms with E-state index in [1.165, 1.54) is 35.2 Å². The van der Waals surface area contributed by atoms with E-state index in [-0.39, 0.29) is 39.1 Å². The Labute approximate surface area is 252 Å². The van der Waals surface area contributed by atoms with Gasteiger partial charge in [-0.1, -0.05) is 91.5 Å². The van der Waals surface area contributed by atoms with Crippen molar-refractivity contribution in [1.29, 1.82) is 0 Å². The summed E-state index contributed by atoms with van der Waals surface area (Å²) in [5.74, 6) is -0.714. The van der Waals surface area contributed by atoms with Crippen LogP contribution in [-0.4, -0.2) is 50.3 Å². The average molecular weight is 617 g/mol. The number of sulfonamides is 1. The highest BCUT2D eigenvalue weighted by molar-refractivity contribution is 7.92. The third-order valence-corrected chi connectivity index (χ3v) is 9.54. The molecule has 3 aromatic rings. The van der Waals surface area contributed by atoms with Gasteiger partial charge in [-0.25, -0.2) is 8.42 Å². The number of nitrogens with one attached hydrogen (secondary N) is 1. The minimum Gasteiger partial charge on any atom is -0.352 e. The Balaban J connectivity index is 1.69. The molecule has 1 aliphatic carbocycles. The molecule has 1 saturated carbocycles. The van der Waals surface area contributed by atoms with Gasteiger partial charge in [0.2, 0.25) is 11.8 Å². The molecule has 7 nitrogen and oxygen atoms in total. The predicted octanol–water partition coefficient (Wildman–Crippen LogP) is 6.10. The second-order valence-corrected chi connectivity index (χ2v) is 12.9. The fourth-order valence-electron chi connectivity index (χ4n) is 5.20. The lowest BCUT2D eigenvalue weighted by molar-refractivity contribution is -0.139. The number of rotatable bonds is 12. The Morgan fingerprint density at radius 1 is 0.927 bits per heavy atom. The van der Waals surface area contributed by atoms with Gasteiger partial charge in [0.05, 0.1) is 10.6 Å². The second kappa shape index (κ2) is 14.2. The molecule has 1 aliphatic rings. The highest BCUT2D eigenvalue weighted by Gasteiger charge is 2.34. The molecule has 3 aromatic carbocycles. The van der Waals surface area contributed by atoms with Crippen LogP contribution in [0.15, 0.2) is 83.8 Å². The highest BCUT2D eigenvalue weighted by atomic mass is 35.5. The molecule has 0 bridgehead atoms. The van der Waals surface area contributed by atoms with Crippen molar-refractivity contribution in [3.63, 3.8) is 0 Å². The van der Waals surface area contributed by atoms with Crippen LogP contribution in [0.5, 0.6) is 0 Å². The van der Waals surface area contributed by atoms with Gasteiger partial charge in [-0.15, -0.1) is 0 Å². The molecule has 2 amide bonds. The summed E-state index contributed by atoms with van der Waals surface area (Å²) >= 11 is 12.5. The molecule has 0 aliphatic heterocycles. The molecule has 0 radical (unpaired) electrons. The SMILES string of the molecule is CC[C@H](C(=O)NC1CCCC1)N(CCc1ccccc1)C(=O)CN(c1cc(Cl)cc(Cl)c1)S(=O)(=O)c1ccccc1. The third kappa shape index (κ3) is 8.03. The third-order valence-electron chi connectivity index (χ3n) is 7.32. The standard InChI is InChI=1S/C31H35Cl2N3O4S/c1-2-29(31(38)34-26-13-9-10-14-26)35(18-17-23-11-5-3-6-12-23)30(37)22-36(27-20-24(32)19-25(33)21-27)41(39,40)28-15-7-4-8-16-28/h3-8,11-12,15-16,19-21,26,29H,2,9-10,13-14,17-18,22H2,1H3,(H,34,38)/t29-/m1/s1. The fourth-order valence-corrected chi connectivity index (χ4v) is 7.13. The maximum Gasteiger partial charge on any atom is 0.264 e. The number of hydrogen-bond acceptors (Lipinski definition) is 4. The van der Waals surface area contributed by atoms with Crippen LogP contribution in [-0.2, 0) is 26.0 Å². The number of nitrogens with zero attached hydrogens (tertiary/aromatic N) is 2. The molecule has 4 rings (SSSR count). The van der Waals surface area contributed by atoms with Crippen molar-refractivity contribution in [2.45, 2.75) is 62.4 Å². The van der Waals surface area contributed by atoms with Gasteiger partial charge in [0.15, 0.2) is 0 Å². The van der Waals surface area contributed by atoms with Crippen molar-refractivity contribution in [3.8, 4) is 0 Å². The van der Waals surface area contributed by atoms with Crippen molar-refractivity contribution in [2.24, 2.45) is 0 Å². The summed E-state index contributed by atoms with van der Waals surface area (Å²) in [5, 5.41) is 3.59. The molecule has 1 fully saturated rings. The Kier molecular flexibility index (Phi) is 10.7. The Bertz CT molecular complexity index is 1410. The quantitative estimate of drug-likeness (QED) is 0.267. The zero-order chi connectivity index (χ0) is 29.4. The maximum atomic E-state index is 14.1. The van der Waals surface area contributed by atoms with E-state index < -0.39 is 28.5 Å². The molecule has 0 spiro atoms. The molecule has 41 heavy (non-hydrogen) atoms. The van der Waals surface area contributed by atoms with Gasteiger partial charge < -0.3 is 10.2 Å². The number of benzene rings is 3. The Morgan fingerprint density at radius 3 is 2.10 bits per heavy atom. The molecule has 0 aromatic heterocycles. The molecular formula is C31H35Cl2N3O4S. The lowest BCUT2D eigenvalue weighted by Gasteiger charge is -2.33. The number of carbonyl (C=O) groups excluding carboxylic acids is 2. The average Bonchev–Trinajstić information content (AvgIpc) is 3.47. The van der Waals surface area contributed by atoms with Gasteiger partial charge in [0.25, 0.3) is 10.0 Å². The normalized spacial score (nSPS) is 14.4. The van der Waals surface area contributed by atoms with Crippen LogP contribution < -0.4 is 9.62 Å². The first-order valence-corrected chi connectivity index (χ1v) is 16.1. The highest BCUT2D eigenvalue weighted by Crippen LogP contribution is 2.30. The van der Waals surface area contributed by atoms with Crippen LogP contribution in [0.4, 0.5) is 5.69 Å². The summed E-state index contributed by atoms with van der Waals surface area (Å²) in [6.45, 7) is 1.57. The van der Waals surface area contributed by atoms with Crippen LogP contribution in [0.1, 0.15) is 44.6 Å². The molecule has 10 heteroatoms. The summed E-state index contributed by atoms with van der Waals surface area (Å²) < 4.78 is 28.8. The lowest BCUT2D eigenvalue weighted by Crippen LogP contribution is -2.54. The van der Waals surface area contributed by atoms with Crippen molar-refractivity contribution in [1.82, 2.24) is 10.2 Å². The summed E-state index contributed by atoms with van der Waals surface area (Å²) in [4.78, 5) is 29.1. The molecule has 1 atom stereocenters. The summed E-state index contributed by atoms with van der Waals surface area (Å²) in [5.41, 5.74) is 1.16. The van der Waals surface area contributed by atoms with Gasteiger partial charge in [0, 0.05) is 22.6 Å². The van der Waals surface area contributed by atoms with Gasteiger partial charge in [0.1, 0.15) is 12.6 Å². The van der Waals surface area contributed by atoms with E-state index in [9.17, 15) is 18.0 Å². The number of carbonyl (C=O) groups is 2. The van der Waals surface area contributed by atoms with Crippen molar-refractivity contribution in [2.75, 3.05) is 17.4 Å². The first kappa shape index (κ1) is 30.9. The van der Waals surface area contributed by atoms with E-state index in [1.807, 2.05) is 37.3 Å². The molecular weight excluding hydrogens is 581 g/mol. The second-order valence-electron chi connectivity index (χ2n) is 10.2.